The van der Waals surface area contributed by atoms with Gasteiger partial charge in [-0.05, 0) is 83.5 Å². The van der Waals surface area contributed by atoms with Crippen molar-refractivity contribution in [2.75, 3.05) is 13.2 Å². The summed E-state index contributed by atoms with van der Waals surface area (Å²) in [5.74, 6) is -1.04. The van der Waals surface area contributed by atoms with Crippen LogP contribution in [0.15, 0.2) is 146 Å². The zero-order valence-corrected chi connectivity index (χ0v) is 40.5. The molecule has 0 spiro atoms. The van der Waals surface area contributed by atoms with Crippen LogP contribution >= 0.6 is 0 Å². The van der Waals surface area contributed by atoms with Crippen LogP contribution in [0.2, 0.25) is 0 Å². The molecular weight excluding hydrogens is 793 g/mol. The van der Waals surface area contributed by atoms with Gasteiger partial charge in [0.1, 0.15) is 13.2 Å². The zero-order valence-electron chi connectivity index (χ0n) is 40.5. The average molecular weight is 881 g/mol. The van der Waals surface area contributed by atoms with E-state index in [1.165, 1.54) is 32.1 Å². The molecule has 0 N–H and O–H groups in total. The highest BCUT2D eigenvalue weighted by Crippen LogP contribution is 2.12. The summed E-state index contributed by atoms with van der Waals surface area (Å²) >= 11 is 0. The highest BCUT2D eigenvalue weighted by atomic mass is 16.6. The largest absolute Gasteiger partial charge is 0.462 e. The maximum absolute atomic E-state index is 12.8. The predicted molar refractivity (Wildman–Crippen MR) is 274 cm³/mol. The van der Waals surface area contributed by atoms with Crippen LogP contribution in [0, 0.1) is 0 Å². The van der Waals surface area contributed by atoms with Gasteiger partial charge in [0, 0.05) is 19.3 Å². The molecule has 356 valence electrons. The predicted octanol–water partition coefficient (Wildman–Crippen LogP) is 16.5. The molecule has 6 heteroatoms. The number of unbranched alkanes of at least 4 members (excludes halogenated alkanes) is 16. The molecule has 0 saturated heterocycles. The van der Waals surface area contributed by atoms with E-state index in [2.05, 4.69) is 81.5 Å². The van der Waals surface area contributed by atoms with Crippen molar-refractivity contribution in [1.29, 1.82) is 0 Å². The van der Waals surface area contributed by atoms with Crippen molar-refractivity contribution in [3.05, 3.63) is 146 Å². The molecule has 0 radical (unpaired) electrons. The van der Waals surface area contributed by atoms with Crippen molar-refractivity contribution < 1.29 is 28.6 Å². The second-order valence-corrected chi connectivity index (χ2v) is 15.9. The summed E-state index contributed by atoms with van der Waals surface area (Å²) < 4.78 is 16.7. The first-order valence-corrected chi connectivity index (χ1v) is 25.0. The van der Waals surface area contributed by atoms with Gasteiger partial charge in [-0.25, -0.2) is 0 Å². The first-order chi connectivity index (χ1) is 31.5. The third-order valence-electron chi connectivity index (χ3n) is 9.84. The normalized spacial score (nSPS) is 13.4. The van der Waals surface area contributed by atoms with Gasteiger partial charge in [0.2, 0.25) is 0 Å². The summed E-state index contributed by atoms with van der Waals surface area (Å²) in [6.45, 7) is 6.22. The van der Waals surface area contributed by atoms with E-state index in [0.717, 1.165) is 103 Å². The SMILES string of the molecule is CC/C=C/C=C/C=C/C=C/C=C/CCCCCC(=O)OC(COC(=O)CCCCC/C=C/C=C/C=C/C=C/CC)COC(=O)CCCCCCC/C=C/C=C/C=C/CCCCCCC. The summed E-state index contributed by atoms with van der Waals surface area (Å²) in [6, 6.07) is 0. The van der Waals surface area contributed by atoms with Crippen molar-refractivity contribution in [3.8, 4) is 0 Å². The van der Waals surface area contributed by atoms with Gasteiger partial charge in [0.25, 0.3) is 0 Å². The lowest BCUT2D eigenvalue weighted by atomic mass is 10.1. The Morgan fingerprint density at radius 1 is 0.328 bits per heavy atom. The minimum Gasteiger partial charge on any atom is -0.462 e. The molecule has 0 aromatic carbocycles. The van der Waals surface area contributed by atoms with Crippen LogP contribution in [-0.2, 0) is 28.6 Å². The van der Waals surface area contributed by atoms with Crippen molar-refractivity contribution in [1.82, 2.24) is 0 Å². The summed E-state index contributed by atoms with van der Waals surface area (Å²) in [5.41, 5.74) is 0. The number of hydrogen-bond donors (Lipinski definition) is 0. The van der Waals surface area contributed by atoms with Gasteiger partial charge in [0.05, 0.1) is 0 Å². The Morgan fingerprint density at radius 2 is 0.609 bits per heavy atom. The first-order valence-electron chi connectivity index (χ1n) is 25.0. The molecule has 0 aromatic heterocycles. The van der Waals surface area contributed by atoms with E-state index >= 15 is 0 Å². The van der Waals surface area contributed by atoms with Crippen LogP contribution in [-0.4, -0.2) is 37.2 Å². The number of esters is 3. The van der Waals surface area contributed by atoms with E-state index < -0.39 is 6.10 Å². The van der Waals surface area contributed by atoms with E-state index in [1.807, 2.05) is 85.1 Å². The number of carbonyl (C=O) groups is 3. The molecule has 0 aromatic rings. The van der Waals surface area contributed by atoms with Gasteiger partial charge in [-0.1, -0.05) is 224 Å². The van der Waals surface area contributed by atoms with Crippen LogP contribution in [0.25, 0.3) is 0 Å². The fourth-order valence-electron chi connectivity index (χ4n) is 6.12. The second kappa shape index (κ2) is 50.9. The fourth-order valence-corrected chi connectivity index (χ4v) is 6.12. The minimum absolute atomic E-state index is 0.126. The number of allylic oxidation sites excluding steroid dienone is 24. The molecule has 0 saturated carbocycles. The van der Waals surface area contributed by atoms with Crippen LogP contribution in [0.5, 0.6) is 0 Å². The maximum atomic E-state index is 12.8. The summed E-state index contributed by atoms with van der Waals surface area (Å²) in [5, 5.41) is 0. The highest BCUT2D eigenvalue weighted by Gasteiger charge is 2.19. The number of carbonyl (C=O) groups excluding carboxylic acids is 3. The maximum Gasteiger partial charge on any atom is 0.306 e. The van der Waals surface area contributed by atoms with Gasteiger partial charge in [-0.3, -0.25) is 14.4 Å². The second-order valence-electron chi connectivity index (χ2n) is 15.9. The third-order valence-corrected chi connectivity index (χ3v) is 9.84. The smallest absolute Gasteiger partial charge is 0.306 e. The molecule has 64 heavy (non-hydrogen) atoms. The highest BCUT2D eigenvalue weighted by molar-refractivity contribution is 5.71. The Bertz CT molecular complexity index is 1480. The van der Waals surface area contributed by atoms with Gasteiger partial charge in [-0.15, -0.1) is 0 Å². The first kappa shape index (κ1) is 59.3. The van der Waals surface area contributed by atoms with Crippen LogP contribution < -0.4 is 0 Å². The quantitative estimate of drug-likeness (QED) is 0.0263. The molecule has 0 fully saturated rings. The van der Waals surface area contributed by atoms with E-state index in [1.54, 1.807) is 0 Å². The molecule has 0 aliphatic carbocycles. The Morgan fingerprint density at radius 3 is 0.969 bits per heavy atom. The molecule has 6 nitrogen and oxygen atoms in total. The van der Waals surface area contributed by atoms with Crippen molar-refractivity contribution >= 4 is 17.9 Å². The summed E-state index contributed by atoms with van der Waals surface area (Å²) in [6.07, 6.45) is 72.5. The molecule has 0 aliphatic rings. The van der Waals surface area contributed by atoms with E-state index in [0.29, 0.717) is 19.3 Å². The van der Waals surface area contributed by atoms with Crippen LogP contribution in [0.4, 0.5) is 0 Å². The number of ether oxygens (including phenoxy) is 3. The Kier molecular flexibility index (Phi) is 47.2. The average Bonchev–Trinajstić information content (AvgIpc) is 3.29. The minimum atomic E-state index is -0.831. The number of rotatable bonds is 42. The molecule has 0 amide bonds. The van der Waals surface area contributed by atoms with Gasteiger partial charge in [0.15, 0.2) is 6.10 Å². The van der Waals surface area contributed by atoms with Crippen molar-refractivity contribution in [2.24, 2.45) is 0 Å². The molecular formula is C58H88O6. The van der Waals surface area contributed by atoms with Crippen molar-refractivity contribution in [3.63, 3.8) is 0 Å². The monoisotopic (exact) mass is 881 g/mol. The molecule has 0 heterocycles. The number of hydrogen-bond acceptors (Lipinski definition) is 6. The zero-order chi connectivity index (χ0) is 46.5. The van der Waals surface area contributed by atoms with Crippen LogP contribution in [0.3, 0.4) is 0 Å². The Balaban J connectivity index is 4.59. The topological polar surface area (TPSA) is 78.9 Å². The lowest BCUT2D eigenvalue weighted by Gasteiger charge is -2.18. The van der Waals surface area contributed by atoms with E-state index in [4.69, 9.17) is 14.2 Å². The van der Waals surface area contributed by atoms with Crippen LogP contribution in [0.1, 0.15) is 181 Å². The lowest BCUT2D eigenvalue weighted by molar-refractivity contribution is -0.167. The van der Waals surface area contributed by atoms with Crippen molar-refractivity contribution in [2.45, 2.75) is 187 Å². The molecule has 0 rings (SSSR count). The van der Waals surface area contributed by atoms with Gasteiger partial charge >= 0.3 is 17.9 Å². The molecule has 0 bridgehead atoms. The van der Waals surface area contributed by atoms with E-state index in [9.17, 15) is 14.4 Å². The molecule has 1 unspecified atom stereocenters. The Labute approximate surface area is 391 Å². The molecule has 0 aliphatic heterocycles. The lowest BCUT2D eigenvalue weighted by Crippen LogP contribution is -2.30. The fraction of sp³-hybridized carbons (Fsp3) is 0.534. The third kappa shape index (κ3) is 48.3. The van der Waals surface area contributed by atoms with E-state index in [-0.39, 0.29) is 37.5 Å². The summed E-state index contributed by atoms with van der Waals surface area (Å²) in [7, 11) is 0. The Hall–Kier alpha value is -4.71. The van der Waals surface area contributed by atoms with Gasteiger partial charge in [-0.2, -0.15) is 0 Å². The van der Waals surface area contributed by atoms with Gasteiger partial charge < -0.3 is 14.2 Å². The standard InChI is InChI=1S/C58H88O6/c1-4-7-10-13-16-19-22-25-27-28-29-31-33-36-39-42-45-48-51-57(60)63-54-55(53-62-56(59)50-47-44-41-38-35-32-24-21-18-15-12-9-6-3)64-58(61)52-49-46-43-40-37-34-30-26-23-20-17-14-11-8-5-2/h8-9,11-12,14-15,17-18,20-32,34-35,37,55H,4-7,10,13,16,19,33,36,38-54H2,1-3H3/b11-8+,12-9+,17-14+,18-15+,23-20+,24-21+,25-22+,28-27+,30-26+,31-29+,35-32+,37-34+. The molecule has 1 atom stereocenters. The summed E-state index contributed by atoms with van der Waals surface area (Å²) in [4.78, 5) is 37.9.